The summed E-state index contributed by atoms with van der Waals surface area (Å²) in [6, 6.07) is 0. The lowest BCUT2D eigenvalue weighted by molar-refractivity contribution is -0.123. The fourth-order valence-corrected chi connectivity index (χ4v) is 1.35. The van der Waals surface area contributed by atoms with Gasteiger partial charge in [0.05, 0.1) is 0 Å². The van der Waals surface area contributed by atoms with Gasteiger partial charge >= 0.3 is 0 Å². The standard InChI is InChI=1S/C13H20N6O3/c1-2-11(20)17-18-12(21)8-6-4-3-5-7-9-15-13(22)10-16-19-14/h2,6,8H,1,3-5,7,9-10H2,(H,15,22)(H,17,20)(H,18,21). The van der Waals surface area contributed by atoms with Crippen LogP contribution in [-0.2, 0) is 14.4 Å². The molecule has 0 aliphatic heterocycles. The second-order valence-corrected chi connectivity index (χ2v) is 4.17. The Kier molecular flexibility index (Phi) is 11.5. The quantitative estimate of drug-likeness (QED) is 0.138. The number of azide groups is 1. The average molecular weight is 308 g/mol. The maximum absolute atomic E-state index is 11.2. The van der Waals surface area contributed by atoms with Gasteiger partial charge in [-0.05, 0) is 30.9 Å². The zero-order chi connectivity index (χ0) is 16.6. The number of nitrogens with one attached hydrogen (secondary N) is 3. The van der Waals surface area contributed by atoms with E-state index in [2.05, 4.69) is 32.8 Å². The van der Waals surface area contributed by atoms with Gasteiger partial charge in [-0.25, -0.2) is 0 Å². The lowest BCUT2D eigenvalue weighted by atomic mass is 10.2. The third-order valence-corrected chi connectivity index (χ3v) is 2.41. The fraction of sp³-hybridized carbons (Fsp3) is 0.462. The first-order valence-corrected chi connectivity index (χ1v) is 6.76. The van der Waals surface area contributed by atoms with E-state index in [-0.39, 0.29) is 12.5 Å². The number of amides is 3. The second-order valence-electron chi connectivity index (χ2n) is 4.17. The molecular formula is C13H20N6O3. The van der Waals surface area contributed by atoms with Crippen molar-refractivity contribution < 1.29 is 14.4 Å². The first kappa shape index (κ1) is 19.2. The minimum atomic E-state index is -0.482. The lowest BCUT2D eigenvalue weighted by Gasteiger charge is -2.02. The van der Waals surface area contributed by atoms with Gasteiger partial charge in [0.1, 0.15) is 6.54 Å². The van der Waals surface area contributed by atoms with E-state index in [1.54, 1.807) is 6.08 Å². The van der Waals surface area contributed by atoms with Gasteiger partial charge in [0, 0.05) is 17.5 Å². The molecule has 0 saturated heterocycles. The maximum Gasteiger partial charge on any atom is 0.262 e. The number of hydrogen-bond donors (Lipinski definition) is 3. The van der Waals surface area contributed by atoms with E-state index in [0.29, 0.717) is 6.54 Å². The molecule has 0 aliphatic rings. The Morgan fingerprint density at radius 1 is 1.14 bits per heavy atom. The number of allylic oxidation sites excluding steroid dienone is 1. The van der Waals surface area contributed by atoms with Crippen molar-refractivity contribution in [2.45, 2.75) is 25.7 Å². The van der Waals surface area contributed by atoms with E-state index < -0.39 is 11.8 Å². The monoisotopic (exact) mass is 308 g/mol. The van der Waals surface area contributed by atoms with E-state index in [9.17, 15) is 14.4 Å². The minimum Gasteiger partial charge on any atom is -0.356 e. The molecule has 9 heteroatoms. The van der Waals surface area contributed by atoms with Crippen molar-refractivity contribution in [3.8, 4) is 0 Å². The van der Waals surface area contributed by atoms with Crippen molar-refractivity contribution in [2.75, 3.05) is 13.1 Å². The normalized spacial score (nSPS) is 9.64. The van der Waals surface area contributed by atoms with Crippen LogP contribution in [0.5, 0.6) is 0 Å². The van der Waals surface area contributed by atoms with Gasteiger partial charge in [0.15, 0.2) is 0 Å². The average Bonchev–Trinajstić information content (AvgIpc) is 2.52. The predicted octanol–water partition coefficient (Wildman–Crippen LogP) is 0.863. The van der Waals surface area contributed by atoms with Crippen LogP contribution < -0.4 is 16.2 Å². The number of hydrogen-bond acceptors (Lipinski definition) is 4. The Labute approximate surface area is 128 Å². The summed E-state index contributed by atoms with van der Waals surface area (Å²) in [5.74, 6) is -1.19. The van der Waals surface area contributed by atoms with Gasteiger partial charge in [-0.1, -0.05) is 24.2 Å². The second kappa shape index (κ2) is 13.2. The molecule has 0 bridgehead atoms. The summed E-state index contributed by atoms with van der Waals surface area (Å²) in [5, 5.41) is 5.77. The zero-order valence-corrected chi connectivity index (χ0v) is 12.2. The molecule has 0 fully saturated rings. The Balaban J connectivity index is 3.52. The number of hydrazine groups is 1. The van der Waals surface area contributed by atoms with E-state index >= 15 is 0 Å². The van der Waals surface area contributed by atoms with Crippen molar-refractivity contribution in [1.82, 2.24) is 16.2 Å². The van der Waals surface area contributed by atoms with Crippen LogP contribution in [0.2, 0.25) is 0 Å². The van der Waals surface area contributed by atoms with E-state index in [4.69, 9.17) is 5.53 Å². The van der Waals surface area contributed by atoms with Gasteiger partial charge in [0.25, 0.3) is 11.8 Å². The largest absolute Gasteiger partial charge is 0.356 e. The first-order chi connectivity index (χ1) is 10.6. The summed E-state index contributed by atoms with van der Waals surface area (Å²) >= 11 is 0. The van der Waals surface area contributed by atoms with Crippen LogP contribution in [0.1, 0.15) is 25.7 Å². The Morgan fingerprint density at radius 3 is 2.55 bits per heavy atom. The summed E-state index contributed by atoms with van der Waals surface area (Å²) in [4.78, 5) is 35.6. The number of rotatable bonds is 10. The zero-order valence-electron chi connectivity index (χ0n) is 12.2. The van der Waals surface area contributed by atoms with Crippen molar-refractivity contribution in [1.29, 1.82) is 0 Å². The molecule has 0 aromatic heterocycles. The molecule has 0 saturated carbocycles. The molecule has 0 aromatic rings. The molecular weight excluding hydrogens is 288 g/mol. The number of carbonyl (C=O) groups excluding carboxylic acids is 3. The molecule has 3 amide bonds. The SMILES string of the molecule is C=CC(=O)NNC(=O)C=CCCCCCNC(=O)CN=[N+]=[N-]. The Hall–Kier alpha value is -2.80. The van der Waals surface area contributed by atoms with Crippen LogP contribution in [0.4, 0.5) is 0 Å². The predicted molar refractivity (Wildman–Crippen MR) is 81.1 cm³/mol. The van der Waals surface area contributed by atoms with Crippen LogP contribution in [0.3, 0.4) is 0 Å². The van der Waals surface area contributed by atoms with Crippen LogP contribution in [0, 0.1) is 0 Å². The van der Waals surface area contributed by atoms with Gasteiger partial charge in [0.2, 0.25) is 5.91 Å². The smallest absolute Gasteiger partial charge is 0.262 e. The summed E-state index contributed by atoms with van der Waals surface area (Å²) < 4.78 is 0. The maximum atomic E-state index is 11.2. The topological polar surface area (TPSA) is 136 Å². The molecule has 9 nitrogen and oxygen atoms in total. The molecule has 0 spiro atoms. The molecule has 0 aliphatic carbocycles. The first-order valence-electron chi connectivity index (χ1n) is 6.76. The summed E-state index contributed by atoms with van der Waals surface area (Å²) in [5.41, 5.74) is 12.4. The van der Waals surface area contributed by atoms with Crippen molar-refractivity contribution in [2.24, 2.45) is 5.11 Å². The molecule has 0 radical (unpaired) electrons. The highest BCUT2D eigenvalue weighted by molar-refractivity contribution is 5.92. The van der Waals surface area contributed by atoms with Gasteiger partial charge in [-0.2, -0.15) is 0 Å². The number of carbonyl (C=O) groups is 3. The molecule has 0 rings (SSSR count). The van der Waals surface area contributed by atoms with Crippen LogP contribution in [-0.4, -0.2) is 30.8 Å². The lowest BCUT2D eigenvalue weighted by Crippen LogP contribution is -2.39. The Morgan fingerprint density at radius 2 is 1.86 bits per heavy atom. The van der Waals surface area contributed by atoms with E-state index in [0.717, 1.165) is 31.8 Å². The van der Waals surface area contributed by atoms with Crippen molar-refractivity contribution in [3.63, 3.8) is 0 Å². The highest BCUT2D eigenvalue weighted by Crippen LogP contribution is 1.99. The molecule has 0 atom stereocenters. The molecule has 0 heterocycles. The Bertz CT molecular complexity index is 468. The van der Waals surface area contributed by atoms with E-state index in [1.807, 2.05) is 0 Å². The third-order valence-electron chi connectivity index (χ3n) is 2.41. The van der Waals surface area contributed by atoms with Gasteiger partial charge < -0.3 is 5.32 Å². The highest BCUT2D eigenvalue weighted by atomic mass is 16.2. The van der Waals surface area contributed by atoms with Crippen molar-refractivity contribution in [3.05, 3.63) is 35.2 Å². The molecule has 22 heavy (non-hydrogen) atoms. The highest BCUT2D eigenvalue weighted by Gasteiger charge is 1.98. The number of unbranched alkanes of at least 4 members (excludes halogenated alkanes) is 3. The minimum absolute atomic E-state index is 0.184. The van der Waals surface area contributed by atoms with Crippen LogP contribution in [0.25, 0.3) is 10.4 Å². The molecule has 3 N–H and O–H groups in total. The fourth-order valence-electron chi connectivity index (χ4n) is 1.35. The van der Waals surface area contributed by atoms with E-state index in [1.165, 1.54) is 6.08 Å². The molecule has 120 valence electrons. The van der Waals surface area contributed by atoms with Crippen LogP contribution in [0.15, 0.2) is 29.9 Å². The summed E-state index contributed by atoms with van der Waals surface area (Å²) in [6.07, 6.45) is 7.37. The van der Waals surface area contributed by atoms with Crippen LogP contribution >= 0.6 is 0 Å². The van der Waals surface area contributed by atoms with Gasteiger partial charge in [-0.15, -0.1) is 0 Å². The molecule has 0 unspecified atom stereocenters. The summed E-state index contributed by atoms with van der Waals surface area (Å²) in [7, 11) is 0. The van der Waals surface area contributed by atoms with Gasteiger partial charge in [-0.3, -0.25) is 25.2 Å². The third kappa shape index (κ3) is 12.2. The summed E-state index contributed by atoms with van der Waals surface area (Å²) in [6.45, 7) is 3.59. The van der Waals surface area contributed by atoms with Crippen molar-refractivity contribution >= 4 is 17.7 Å². The molecule has 0 aromatic carbocycles. The number of nitrogens with zero attached hydrogens (tertiary/aromatic N) is 3.